The second-order valence-corrected chi connectivity index (χ2v) is 5.84. The zero-order valence-corrected chi connectivity index (χ0v) is 12.7. The van der Waals surface area contributed by atoms with Crippen LogP contribution in [0.1, 0.15) is 49.7 Å². The Kier molecular flexibility index (Phi) is 3.93. The summed E-state index contributed by atoms with van der Waals surface area (Å²) in [7, 11) is 0. The highest BCUT2D eigenvalue weighted by atomic mass is 16.5. The Hall–Kier alpha value is -2.05. The number of amides is 2. The topological polar surface area (TPSA) is 104 Å². The van der Waals surface area contributed by atoms with Gasteiger partial charge in [-0.15, -0.1) is 0 Å². The standard InChI is InChI=1S/C14H21N3O4/c1-7(11-8(2)17-21-9(11)3)15-13(20)16-14(4,12(18)19)10-5-6-10/h7,10H,5-6H2,1-4H3,(H,18,19)(H2,15,16,20). The van der Waals surface area contributed by atoms with Crippen molar-refractivity contribution < 1.29 is 19.2 Å². The molecule has 2 atom stereocenters. The zero-order chi connectivity index (χ0) is 15.8. The smallest absolute Gasteiger partial charge is 0.329 e. The van der Waals surface area contributed by atoms with E-state index in [0.717, 1.165) is 18.4 Å². The van der Waals surface area contributed by atoms with Gasteiger partial charge in [-0.3, -0.25) is 0 Å². The van der Waals surface area contributed by atoms with Crippen molar-refractivity contribution in [3.8, 4) is 0 Å². The lowest BCUT2D eigenvalue weighted by molar-refractivity contribution is -0.144. The SMILES string of the molecule is Cc1noc(C)c1C(C)NC(=O)NC(C)(C(=O)O)C1CC1. The molecule has 1 aromatic rings. The predicted molar refractivity (Wildman–Crippen MR) is 74.8 cm³/mol. The monoisotopic (exact) mass is 295 g/mol. The van der Waals surface area contributed by atoms with E-state index in [4.69, 9.17) is 4.52 Å². The molecule has 1 aliphatic carbocycles. The van der Waals surface area contributed by atoms with Gasteiger partial charge >= 0.3 is 12.0 Å². The molecule has 2 amide bonds. The third kappa shape index (κ3) is 3.01. The Morgan fingerprint density at radius 3 is 2.48 bits per heavy atom. The van der Waals surface area contributed by atoms with E-state index >= 15 is 0 Å². The van der Waals surface area contributed by atoms with E-state index in [1.165, 1.54) is 0 Å². The van der Waals surface area contributed by atoms with E-state index in [2.05, 4.69) is 15.8 Å². The number of carboxylic acid groups (broad SMARTS) is 1. The molecule has 116 valence electrons. The first kappa shape index (κ1) is 15.3. The number of aliphatic carboxylic acids is 1. The third-order valence-electron chi connectivity index (χ3n) is 4.08. The Labute approximate surface area is 123 Å². The second-order valence-electron chi connectivity index (χ2n) is 5.84. The maximum atomic E-state index is 12.1. The van der Waals surface area contributed by atoms with Crippen LogP contribution in [0.15, 0.2) is 4.52 Å². The molecule has 1 aliphatic rings. The van der Waals surface area contributed by atoms with Crippen molar-refractivity contribution in [3.63, 3.8) is 0 Å². The van der Waals surface area contributed by atoms with Gasteiger partial charge in [-0.25, -0.2) is 9.59 Å². The molecule has 0 saturated heterocycles. The molecule has 1 fully saturated rings. The molecule has 2 unspecified atom stereocenters. The Morgan fingerprint density at radius 1 is 1.43 bits per heavy atom. The highest BCUT2D eigenvalue weighted by molar-refractivity contribution is 5.86. The lowest BCUT2D eigenvalue weighted by atomic mass is 9.96. The molecule has 7 nitrogen and oxygen atoms in total. The summed E-state index contributed by atoms with van der Waals surface area (Å²) in [5, 5.41) is 18.5. The van der Waals surface area contributed by atoms with Gasteiger partial charge in [-0.1, -0.05) is 5.16 Å². The molecular formula is C14H21N3O4. The van der Waals surface area contributed by atoms with Crippen molar-refractivity contribution in [1.29, 1.82) is 0 Å². The molecule has 0 radical (unpaired) electrons. The van der Waals surface area contributed by atoms with Crippen LogP contribution < -0.4 is 10.6 Å². The number of hydrogen-bond acceptors (Lipinski definition) is 4. The lowest BCUT2D eigenvalue weighted by Gasteiger charge is -2.27. The first-order valence-corrected chi connectivity index (χ1v) is 7.00. The molecule has 0 spiro atoms. The van der Waals surface area contributed by atoms with Crippen LogP contribution in [0.2, 0.25) is 0 Å². The zero-order valence-electron chi connectivity index (χ0n) is 12.7. The number of nitrogens with zero attached hydrogens (tertiary/aromatic N) is 1. The van der Waals surface area contributed by atoms with Crippen LogP contribution >= 0.6 is 0 Å². The maximum Gasteiger partial charge on any atom is 0.329 e. The fourth-order valence-corrected chi connectivity index (χ4v) is 2.64. The number of carbonyl (C=O) groups is 2. The van der Waals surface area contributed by atoms with Gasteiger partial charge in [0, 0.05) is 5.56 Å². The van der Waals surface area contributed by atoms with Crippen molar-refractivity contribution in [3.05, 3.63) is 17.0 Å². The van der Waals surface area contributed by atoms with Gasteiger partial charge in [-0.2, -0.15) is 0 Å². The number of carbonyl (C=O) groups excluding carboxylic acids is 1. The van der Waals surface area contributed by atoms with Crippen LogP contribution in [0.4, 0.5) is 4.79 Å². The van der Waals surface area contributed by atoms with E-state index in [9.17, 15) is 14.7 Å². The van der Waals surface area contributed by atoms with Gasteiger partial charge in [0.15, 0.2) is 0 Å². The van der Waals surface area contributed by atoms with E-state index in [1.807, 2.05) is 0 Å². The van der Waals surface area contributed by atoms with Crippen LogP contribution in [-0.2, 0) is 4.79 Å². The fourth-order valence-electron chi connectivity index (χ4n) is 2.64. The molecule has 0 bridgehead atoms. The average molecular weight is 295 g/mol. The Morgan fingerprint density at radius 2 is 2.05 bits per heavy atom. The predicted octanol–water partition coefficient (Wildman–Crippen LogP) is 1.90. The van der Waals surface area contributed by atoms with Crippen LogP contribution in [-0.4, -0.2) is 27.8 Å². The van der Waals surface area contributed by atoms with Gasteiger partial charge in [0.2, 0.25) is 0 Å². The van der Waals surface area contributed by atoms with E-state index in [-0.39, 0.29) is 12.0 Å². The average Bonchev–Trinajstić information content (AvgIpc) is 3.16. The summed E-state index contributed by atoms with van der Waals surface area (Å²) in [5.41, 5.74) is 0.305. The quantitative estimate of drug-likeness (QED) is 0.769. The molecule has 2 rings (SSSR count). The van der Waals surface area contributed by atoms with Crippen molar-refractivity contribution in [2.24, 2.45) is 5.92 Å². The molecule has 7 heteroatoms. The molecule has 0 aromatic carbocycles. The van der Waals surface area contributed by atoms with E-state index < -0.39 is 17.5 Å². The number of rotatable bonds is 5. The van der Waals surface area contributed by atoms with Crippen LogP contribution in [0.25, 0.3) is 0 Å². The summed E-state index contributed by atoms with van der Waals surface area (Å²) in [5.74, 6) is -0.372. The number of carboxylic acids is 1. The number of aryl methyl sites for hydroxylation is 2. The van der Waals surface area contributed by atoms with Gasteiger partial charge in [-0.05, 0) is 46.5 Å². The third-order valence-corrected chi connectivity index (χ3v) is 4.08. The van der Waals surface area contributed by atoms with Gasteiger partial charge in [0.25, 0.3) is 0 Å². The Balaban J connectivity index is 2.03. The van der Waals surface area contributed by atoms with Gasteiger partial charge in [0.05, 0.1) is 11.7 Å². The van der Waals surface area contributed by atoms with Crippen molar-refractivity contribution in [2.75, 3.05) is 0 Å². The number of aromatic nitrogens is 1. The van der Waals surface area contributed by atoms with E-state index in [1.54, 1.807) is 27.7 Å². The number of urea groups is 1. The first-order valence-electron chi connectivity index (χ1n) is 7.00. The lowest BCUT2D eigenvalue weighted by Crippen LogP contribution is -2.57. The molecule has 1 saturated carbocycles. The summed E-state index contributed by atoms with van der Waals surface area (Å²) >= 11 is 0. The second kappa shape index (κ2) is 5.38. The van der Waals surface area contributed by atoms with E-state index in [0.29, 0.717) is 11.5 Å². The summed E-state index contributed by atoms with van der Waals surface area (Å²) in [4.78, 5) is 23.5. The van der Waals surface area contributed by atoms with Gasteiger partial charge < -0.3 is 20.3 Å². The van der Waals surface area contributed by atoms with Crippen molar-refractivity contribution >= 4 is 12.0 Å². The minimum atomic E-state index is -1.22. The summed E-state index contributed by atoms with van der Waals surface area (Å²) in [6.45, 7) is 6.93. The molecule has 3 N–H and O–H groups in total. The fraction of sp³-hybridized carbons (Fsp3) is 0.643. The van der Waals surface area contributed by atoms with Crippen LogP contribution in [0.3, 0.4) is 0 Å². The highest BCUT2D eigenvalue weighted by Gasteiger charge is 2.48. The number of hydrogen-bond donors (Lipinski definition) is 3. The minimum absolute atomic E-state index is 0.00452. The normalized spacial score (nSPS) is 18.7. The van der Waals surface area contributed by atoms with Crippen LogP contribution in [0.5, 0.6) is 0 Å². The summed E-state index contributed by atoms with van der Waals surface area (Å²) in [6, 6.07) is -0.812. The molecule has 1 aromatic heterocycles. The summed E-state index contributed by atoms with van der Waals surface area (Å²) < 4.78 is 5.07. The van der Waals surface area contributed by atoms with Crippen molar-refractivity contribution in [1.82, 2.24) is 15.8 Å². The summed E-state index contributed by atoms with van der Waals surface area (Å²) in [6.07, 6.45) is 1.64. The highest BCUT2D eigenvalue weighted by Crippen LogP contribution is 2.39. The first-order chi connectivity index (χ1) is 9.75. The molecule has 21 heavy (non-hydrogen) atoms. The number of nitrogens with one attached hydrogen (secondary N) is 2. The maximum absolute atomic E-state index is 12.1. The van der Waals surface area contributed by atoms with Crippen molar-refractivity contribution in [2.45, 2.75) is 52.1 Å². The molecule has 1 heterocycles. The Bertz CT molecular complexity index is 545. The largest absolute Gasteiger partial charge is 0.480 e. The molecule has 0 aliphatic heterocycles. The van der Waals surface area contributed by atoms with Crippen LogP contribution in [0, 0.1) is 19.8 Å². The molecular weight excluding hydrogens is 274 g/mol. The minimum Gasteiger partial charge on any atom is -0.480 e. The van der Waals surface area contributed by atoms with Gasteiger partial charge in [0.1, 0.15) is 11.3 Å².